The summed E-state index contributed by atoms with van der Waals surface area (Å²) in [6.07, 6.45) is -4.50. The van der Waals surface area contributed by atoms with Gasteiger partial charge in [-0.1, -0.05) is 36.4 Å². The molecule has 1 aliphatic heterocycles. The molecule has 0 fully saturated rings. The largest absolute Gasteiger partial charge is 0.454 e. The zero-order valence-electron chi connectivity index (χ0n) is 15.6. The van der Waals surface area contributed by atoms with Crippen molar-refractivity contribution in [1.29, 1.82) is 0 Å². The third-order valence-corrected chi connectivity index (χ3v) is 4.54. The van der Waals surface area contributed by atoms with Crippen molar-refractivity contribution in [3.63, 3.8) is 0 Å². The predicted molar refractivity (Wildman–Crippen MR) is 105 cm³/mol. The second kappa shape index (κ2) is 7.98. The Hall–Kier alpha value is -3.68. The van der Waals surface area contributed by atoms with Gasteiger partial charge < -0.3 is 20.1 Å². The summed E-state index contributed by atoms with van der Waals surface area (Å²) in [4.78, 5) is 13.0. The number of ether oxygens (including phenoxy) is 2. The van der Waals surface area contributed by atoms with Gasteiger partial charge in [-0.2, -0.15) is 13.2 Å². The highest BCUT2D eigenvalue weighted by Crippen LogP contribution is 2.35. The number of nitrogens with one attached hydrogen (secondary N) is 2. The fraction of sp³-hybridized carbons (Fsp3) is 0.136. The van der Waals surface area contributed by atoms with E-state index in [0.717, 1.165) is 12.1 Å². The lowest BCUT2D eigenvalue weighted by Crippen LogP contribution is -2.27. The molecule has 1 amide bonds. The van der Waals surface area contributed by atoms with Crippen LogP contribution in [-0.4, -0.2) is 12.7 Å². The topological polar surface area (TPSA) is 59.6 Å². The van der Waals surface area contributed by atoms with Crippen LogP contribution in [0.3, 0.4) is 0 Å². The molecule has 2 N–H and O–H groups in total. The van der Waals surface area contributed by atoms with Crippen LogP contribution in [0.15, 0.2) is 72.8 Å². The second-order valence-corrected chi connectivity index (χ2v) is 6.62. The molecule has 0 aromatic heterocycles. The van der Waals surface area contributed by atoms with E-state index in [1.54, 1.807) is 42.5 Å². The van der Waals surface area contributed by atoms with Crippen LogP contribution in [0.5, 0.6) is 11.5 Å². The monoisotopic (exact) mass is 414 g/mol. The van der Waals surface area contributed by atoms with E-state index in [1.165, 1.54) is 12.1 Å². The zero-order chi connectivity index (χ0) is 21.1. The normalized spacial score (nSPS) is 13.6. The van der Waals surface area contributed by atoms with E-state index in [4.69, 9.17) is 9.47 Å². The fourth-order valence-electron chi connectivity index (χ4n) is 3.09. The summed E-state index contributed by atoms with van der Waals surface area (Å²) in [5.41, 5.74) is 0.482. The third-order valence-electron chi connectivity index (χ3n) is 4.54. The number of benzene rings is 3. The number of rotatable bonds is 5. The van der Waals surface area contributed by atoms with Crippen LogP contribution in [0.1, 0.15) is 17.2 Å². The van der Waals surface area contributed by atoms with Crippen molar-refractivity contribution in [2.75, 3.05) is 17.4 Å². The standard InChI is InChI=1S/C22H17F3N2O3/c23-22(24,25)15-7-4-8-16(11-15)27-21(28)20(14-5-2-1-3-6-14)26-17-9-10-18-19(12-17)30-13-29-18/h1-12,20,26H,13H2,(H,27,28). The lowest BCUT2D eigenvalue weighted by molar-refractivity contribution is -0.137. The molecule has 0 radical (unpaired) electrons. The summed E-state index contributed by atoms with van der Waals surface area (Å²) in [6, 6.07) is 17.7. The average molecular weight is 414 g/mol. The lowest BCUT2D eigenvalue weighted by Gasteiger charge is -2.20. The molecule has 8 heteroatoms. The van der Waals surface area contributed by atoms with Crippen LogP contribution in [0, 0.1) is 0 Å². The van der Waals surface area contributed by atoms with Gasteiger partial charge in [0.2, 0.25) is 6.79 Å². The number of hydrogen-bond acceptors (Lipinski definition) is 4. The Labute approximate surface area is 170 Å². The molecule has 1 atom stereocenters. The van der Waals surface area contributed by atoms with E-state index >= 15 is 0 Å². The van der Waals surface area contributed by atoms with Gasteiger partial charge in [-0.15, -0.1) is 0 Å². The number of halogens is 3. The number of alkyl halides is 3. The van der Waals surface area contributed by atoms with Crippen molar-refractivity contribution in [2.45, 2.75) is 12.2 Å². The molecule has 0 aliphatic carbocycles. The summed E-state index contributed by atoms with van der Waals surface area (Å²) in [5, 5.41) is 5.69. The lowest BCUT2D eigenvalue weighted by atomic mass is 10.1. The molecular weight excluding hydrogens is 397 g/mol. The first kappa shape index (κ1) is 19.6. The molecule has 1 aliphatic rings. The molecule has 0 saturated carbocycles. The van der Waals surface area contributed by atoms with Crippen LogP contribution < -0.4 is 20.1 Å². The van der Waals surface area contributed by atoms with Gasteiger partial charge in [-0.25, -0.2) is 0 Å². The molecule has 3 aromatic carbocycles. The van der Waals surface area contributed by atoms with Crippen LogP contribution in [0.25, 0.3) is 0 Å². The van der Waals surface area contributed by atoms with E-state index in [9.17, 15) is 18.0 Å². The molecule has 154 valence electrons. The smallest absolute Gasteiger partial charge is 0.416 e. The van der Waals surface area contributed by atoms with Gasteiger partial charge in [0, 0.05) is 17.4 Å². The maximum Gasteiger partial charge on any atom is 0.416 e. The molecular formula is C22H17F3N2O3. The van der Waals surface area contributed by atoms with Gasteiger partial charge in [-0.05, 0) is 35.9 Å². The first-order valence-corrected chi connectivity index (χ1v) is 9.09. The summed E-state index contributed by atoms with van der Waals surface area (Å²) in [7, 11) is 0. The number of carbonyl (C=O) groups excluding carboxylic acids is 1. The molecule has 0 saturated heterocycles. The predicted octanol–water partition coefficient (Wildman–Crippen LogP) is 5.23. The Morgan fingerprint density at radius 2 is 1.63 bits per heavy atom. The van der Waals surface area contributed by atoms with Gasteiger partial charge >= 0.3 is 6.18 Å². The van der Waals surface area contributed by atoms with Crippen molar-refractivity contribution in [3.05, 3.63) is 83.9 Å². The highest BCUT2D eigenvalue weighted by Gasteiger charge is 2.31. The first-order chi connectivity index (χ1) is 14.4. The van der Waals surface area contributed by atoms with Crippen molar-refractivity contribution in [3.8, 4) is 11.5 Å². The van der Waals surface area contributed by atoms with Crippen LogP contribution in [0.2, 0.25) is 0 Å². The molecule has 5 nitrogen and oxygen atoms in total. The Kier molecular flexibility index (Phi) is 5.22. The van der Waals surface area contributed by atoms with Gasteiger partial charge in [0.05, 0.1) is 5.56 Å². The van der Waals surface area contributed by atoms with E-state index in [1.807, 2.05) is 6.07 Å². The Morgan fingerprint density at radius 3 is 2.40 bits per heavy atom. The maximum atomic E-state index is 13.0. The Balaban J connectivity index is 1.59. The van der Waals surface area contributed by atoms with Crippen molar-refractivity contribution in [2.24, 2.45) is 0 Å². The highest BCUT2D eigenvalue weighted by atomic mass is 19.4. The molecule has 1 unspecified atom stereocenters. The number of fused-ring (bicyclic) bond motifs is 1. The molecule has 0 bridgehead atoms. The zero-order valence-corrected chi connectivity index (χ0v) is 15.6. The van der Waals surface area contributed by atoms with E-state index in [-0.39, 0.29) is 12.5 Å². The van der Waals surface area contributed by atoms with E-state index in [0.29, 0.717) is 22.7 Å². The third kappa shape index (κ3) is 4.32. The minimum atomic E-state index is -4.50. The number of amides is 1. The van der Waals surface area contributed by atoms with E-state index in [2.05, 4.69) is 10.6 Å². The molecule has 0 spiro atoms. The number of carbonyl (C=O) groups is 1. The molecule has 3 aromatic rings. The van der Waals surface area contributed by atoms with Crippen LogP contribution >= 0.6 is 0 Å². The minimum Gasteiger partial charge on any atom is -0.454 e. The van der Waals surface area contributed by atoms with Crippen LogP contribution in [-0.2, 0) is 11.0 Å². The highest BCUT2D eigenvalue weighted by molar-refractivity contribution is 5.97. The van der Waals surface area contributed by atoms with Gasteiger partial charge in [-0.3, -0.25) is 4.79 Å². The van der Waals surface area contributed by atoms with Gasteiger partial charge in [0.25, 0.3) is 5.91 Å². The van der Waals surface area contributed by atoms with Crippen molar-refractivity contribution >= 4 is 17.3 Å². The maximum absolute atomic E-state index is 13.0. The molecule has 30 heavy (non-hydrogen) atoms. The number of anilines is 2. The molecule has 4 rings (SSSR count). The van der Waals surface area contributed by atoms with Crippen molar-refractivity contribution in [1.82, 2.24) is 0 Å². The minimum absolute atomic E-state index is 0.0586. The van der Waals surface area contributed by atoms with Gasteiger partial charge in [0.1, 0.15) is 6.04 Å². The van der Waals surface area contributed by atoms with Gasteiger partial charge in [0.15, 0.2) is 11.5 Å². The van der Waals surface area contributed by atoms with Crippen molar-refractivity contribution < 1.29 is 27.4 Å². The Bertz CT molecular complexity index is 1050. The summed E-state index contributed by atoms with van der Waals surface area (Å²) >= 11 is 0. The molecule has 1 heterocycles. The summed E-state index contributed by atoms with van der Waals surface area (Å²) in [5.74, 6) is 0.647. The fourth-order valence-corrected chi connectivity index (χ4v) is 3.09. The summed E-state index contributed by atoms with van der Waals surface area (Å²) < 4.78 is 49.6. The quantitative estimate of drug-likeness (QED) is 0.601. The first-order valence-electron chi connectivity index (χ1n) is 9.09. The SMILES string of the molecule is O=C(Nc1cccc(C(F)(F)F)c1)C(Nc1ccc2c(c1)OCO2)c1ccccc1. The Morgan fingerprint density at radius 1 is 0.867 bits per heavy atom. The van der Waals surface area contributed by atoms with Crippen LogP contribution in [0.4, 0.5) is 24.5 Å². The summed E-state index contributed by atoms with van der Waals surface area (Å²) in [6.45, 7) is 0.122. The second-order valence-electron chi connectivity index (χ2n) is 6.62. The average Bonchev–Trinajstić information content (AvgIpc) is 3.20. The van der Waals surface area contributed by atoms with E-state index < -0.39 is 23.7 Å². The number of hydrogen-bond donors (Lipinski definition) is 2.